The van der Waals surface area contributed by atoms with Gasteiger partial charge < -0.3 is 4.90 Å². The van der Waals surface area contributed by atoms with Gasteiger partial charge in [0.15, 0.2) is 0 Å². The maximum atomic E-state index is 11.7. The molecule has 1 amide bonds. The lowest BCUT2D eigenvalue weighted by Gasteiger charge is -2.18. The maximum Gasteiger partial charge on any atom is 0.222 e. The van der Waals surface area contributed by atoms with Crippen LogP contribution < -0.4 is 0 Å². The average molecular weight is 251 g/mol. The van der Waals surface area contributed by atoms with Crippen LogP contribution in [0.4, 0.5) is 0 Å². The topological polar surface area (TPSA) is 20.3 Å². The second-order valence-corrected chi connectivity index (χ2v) is 5.00. The molecule has 2 nitrogen and oxygen atoms in total. The van der Waals surface area contributed by atoms with Gasteiger partial charge >= 0.3 is 0 Å². The highest BCUT2D eigenvalue weighted by Crippen LogP contribution is 2.18. The molecule has 0 unspecified atom stereocenters. The standard InChI is InChI=1S/C14H21NOS/c1-3-15(4-2)14(16)11-8-12-17-13-9-6-5-7-10-13/h5-7,9-10H,3-4,8,11-12H2,1-2H3. The van der Waals surface area contributed by atoms with E-state index in [9.17, 15) is 4.79 Å². The number of thioether (sulfide) groups is 1. The van der Waals surface area contributed by atoms with E-state index in [2.05, 4.69) is 12.1 Å². The minimum Gasteiger partial charge on any atom is -0.343 e. The molecule has 1 rings (SSSR count). The van der Waals surface area contributed by atoms with Gasteiger partial charge in [0, 0.05) is 24.4 Å². The summed E-state index contributed by atoms with van der Waals surface area (Å²) in [6.45, 7) is 5.70. The minimum absolute atomic E-state index is 0.281. The molecule has 0 aliphatic carbocycles. The third-order valence-corrected chi connectivity index (χ3v) is 3.76. The van der Waals surface area contributed by atoms with Gasteiger partial charge in [0.1, 0.15) is 0 Å². The van der Waals surface area contributed by atoms with Gasteiger partial charge in [0.05, 0.1) is 0 Å². The molecular formula is C14H21NOS. The first-order chi connectivity index (χ1) is 8.27. The van der Waals surface area contributed by atoms with Crippen LogP contribution in [0.3, 0.4) is 0 Å². The van der Waals surface area contributed by atoms with E-state index in [1.165, 1.54) is 4.90 Å². The summed E-state index contributed by atoms with van der Waals surface area (Å²) in [5.74, 6) is 1.29. The van der Waals surface area contributed by atoms with Crippen LogP contribution in [0, 0.1) is 0 Å². The molecule has 0 spiro atoms. The Bertz CT molecular complexity index is 322. The van der Waals surface area contributed by atoms with Gasteiger partial charge in [-0.15, -0.1) is 11.8 Å². The van der Waals surface area contributed by atoms with Crippen molar-refractivity contribution in [3.63, 3.8) is 0 Å². The molecule has 0 fully saturated rings. The van der Waals surface area contributed by atoms with Gasteiger partial charge in [0.2, 0.25) is 5.91 Å². The van der Waals surface area contributed by atoms with Crippen molar-refractivity contribution in [2.24, 2.45) is 0 Å². The summed E-state index contributed by atoms with van der Waals surface area (Å²) in [6.07, 6.45) is 1.62. The van der Waals surface area contributed by atoms with E-state index in [1.807, 2.05) is 48.7 Å². The number of carbonyl (C=O) groups is 1. The molecule has 0 saturated carbocycles. The summed E-state index contributed by atoms with van der Waals surface area (Å²) in [5.41, 5.74) is 0. The molecule has 94 valence electrons. The van der Waals surface area contributed by atoms with E-state index in [4.69, 9.17) is 0 Å². The number of hydrogen-bond donors (Lipinski definition) is 0. The highest BCUT2D eigenvalue weighted by atomic mass is 32.2. The normalized spacial score (nSPS) is 10.2. The van der Waals surface area contributed by atoms with Gasteiger partial charge in [-0.1, -0.05) is 18.2 Å². The highest BCUT2D eigenvalue weighted by molar-refractivity contribution is 7.99. The van der Waals surface area contributed by atoms with Crippen LogP contribution in [-0.4, -0.2) is 29.6 Å². The largest absolute Gasteiger partial charge is 0.343 e. The Kier molecular flexibility index (Phi) is 6.78. The van der Waals surface area contributed by atoms with Gasteiger partial charge in [-0.05, 0) is 38.2 Å². The predicted octanol–water partition coefficient (Wildman–Crippen LogP) is 3.43. The lowest BCUT2D eigenvalue weighted by Crippen LogP contribution is -2.30. The SMILES string of the molecule is CCN(CC)C(=O)CCCSc1ccccc1. The van der Waals surface area contributed by atoms with Crippen molar-refractivity contribution in [3.8, 4) is 0 Å². The van der Waals surface area contributed by atoms with Gasteiger partial charge in [-0.3, -0.25) is 4.79 Å². The van der Waals surface area contributed by atoms with Crippen LogP contribution in [0.2, 0.25) is 0 Å². The molecule has 0 atom stereocenters. The molecule has 17 heavy (non-hydrogen) atoms. The molecular weight excluding hydrogens is 230 g/mol. The summed E-state index contributed by atoms with van der Waals surface area (Å²) in [5, 5.41) is 0. The van der Waals surface area contributed by atoms with Crippen molar-refractivity contribution in [1.29, 1.82) is 0 Å². The number of amides is 1. The molecule has 0 aromatic heterocycles. The highest BCUT2D eigenvalue weighted by Gasteiger charge is 2.08. The quantitative estimate of drug-likeness (QED) is 0.546. The third-order valence-electron chi connectivity index (χ3n) is 2.66. The van der Waals surface area contributed by atoms with Crippen molar-refractivity contribution >= 4 is 17.7 Å². The molecule has 0 N–H and O–H groups in total. The first-order valence-electron chi connectivity index (χ1n) is 6.23. The fraction of sp³-hybridized carbons (Fsp3) is 0.500. The zero-order valence-electron chi connectivity index (χ0n) is 10.7. The molecule has 0 aliphatic heterocycles. The zero-order chi connectivity index (χ0) is 12.5. The Balaban J connectivity index is 2.18. The van der Waals surface area contributed by atoms with E-state index >= 15 is 0 Å². The second-order valence-electron chi connectivity index (χ2n) is 3.83. The molecule has 0 aliphatic rings. The van der Waals surface area contributed by atoms with Gasteiger partial charge in [0.25, 0.3) is 0 Å². The molecule has 1 aromatic carbocycles. The smallest absolute Gasteiger partial charge is 0.222 e. The fourth-order valence-corrected chi connectivity index (χ4v) is 2.54. The van der Waals surface area contributed by atoms with Crippen LogP contribution in [0.1, 0.15) is 26.7 Å². The number of benzene rings is 1. The van der Waals surface area contributed by atoms with Gasteiger partial charge in [-0.2, -0.15) is 0 Å². The summed E-state index contributed by atoms with van der Waals surface area (Å²) in [4.78, 5) is 14.9. The average Bonchev–Trinajstić information content (AvgIpc) is 2.37. The maximum absolute atomic E-state index is 11.7. The van der Waals surface area contributed by atoms with Crippen molar-refractivity contribution in [1.82, 2.24) is 4.90 Å². The summed E-state index contributed by atoms with van der Waals surface area (Å²) >= 11 is 1.82. The van der Waals surface area contributed by atoms with Crippen molar-refractivity contribution in [3.05, 3.63) is 30.3 Å². The number of hydrogen-bond acceptors (Lipinski definition) is 2. The van der Waals surface area contributed by atoms with E-state index in [-0.39, 0.29) is 5.91 Å². The summed E-state index contributed by atoms with van der Waals surface area (Å²) in [6, 6.07) is 10.3. The van der Waals surface area contributed by atoms with Crippen LogP contribution >= 0.6 is 11.8 Å². The molecule has 1 aromatic rings. The first kappa shape index (κ1) is 14.1. The molecule has 0 bridgehead atoms. The van der Waals surface area contributed by atoms with Crippen molar-refractivity contribution in [2.75, 3.05) is 18.8 Å². The van der Waals surface area contributed by atoms with Crippen molar-refractivity contribution < 1.29 is 4.79 Å². The van der Waals surface area contributed by atoms with Crippen LogP contribution in [0.25, 0.3) is 0 Å². The lowest BCUT2D eigenvalue weighted by atomic mass is 10.3. The van der Waals surface area contributed by atoms with Crippen LogP contribution in [0.5, 0.6) is 0 Å². The Hall–Kier alpha value is -0.960. The van der Waals surface area contributed by atoms with Crippen LogP contribution in [0.15, 0.2) is 35.2 Å². The second kappa shape index (κ2) is 8.18. The monoisotopic (exact) mass is 251 g/mol. The lowest BCUT2D eigenvalue weighted by molar-refractivity contribution is -0.130. The fourth-order valence-electron chi connectivity index (χ4n) is 1.66. The summed E-state index contributed by atoms with van der Waals surface area (Å²) < 4.78 is 0. The first-order valence-corrected chi connectivity index (χ1v) is 7.22. The molecule has 0 radical (unpaired) electrons. The van der Waals surface area contributed by atoms with Crippen molar-refractivity contribution in [2.45, 2.75) is 31.6 Å². The molecule has 0 heterocycles. The van der Waals surface area contributed by atoms with E-state index < -0.39 is 0 Å². The van der Waals surface area contributed by atoms with E-state index in [0.29, 0.717) is 6.42 Å². The van der Waals surface area contributed by atoms with E-state index in [0.717, 1.165) is 25.3 Å². The minimum atomic E-state index is 0.281. The number of rotatable bonds is 7. The number of nitrogens with zero attached hydrogens (tertiary/aromatic N) is 1. The van der Waals surface area contributed by atoms with Crippen LogP contribution in [-0.2, 0) is 4.79 Å². The van der Waals surface area contributed by atoms with Gasteiger partial charge in [-0.25, -0.2) is 0 Å². The Labute approximate surface area is 108 Å². The molecule has 3 heteroatoms. The predicted molar refractivity (Wildman–Crippen MR) is 74.3 cm³/mol. The Morgan fingerprint density at radius 3 is 2.41 bits per heavy atom. The zero-order valence-corrected chi connectivity index (χ0v) is 11.5. The molecule has 0 saturated heterocycles. The Morgan fingerprint density at radius 2 is 1.82 bits per heavy atom. The summed E-state index contributed by atoms with van der Waals surface area (Å²) in [7, 11) is 0. The third kappa shape index (κ3) is 5.26. The van der Waals surface area contributed by atoms with E-state index in [1.54, 1.807) is 0 Å². The number of carbonyl (C=O) groups excluding carboxylic acids is 1. The Morgan fingerprint density at radius 1 is 1.18 bits per heavy atom.